The number of likely N-dealkylation sites (tertiary alicyclic amines) is 1. The van der Waals surface area contributed by atoms with Crippen molar-refractivity contribution in [2.45, 2.75) is 59.5 Å². The number of aryl methyl sites for hydroxylation is 2. The van der Waals surface area contributed by atoms with Crippen LogP contribution in [-0.2, 0) is 14.3 Å². The third-order valence-corrected chi connectivity index (χ3v) is 8.37. The van der Waals surface area contributed by atoms with E-state index in [1.54, 1.807) is 0 Å². The number of carbonyl (C=O) groups excluding carboxylic acids is 2. The highest BCUT2D eigenvalue weighted by atomic mass is 16.5. The molecule has 0 radical (unpaired) electrons. The Morgan fingerprint density at radius 1 is 1.05 bits per heavy atom. The maximum Gasteiger partial charge on any atom is 0.233 e. The summed E-state index contributed by atoms with van der Waals surface area (Å²) in [6, 6.07) is 14.4. The number of fused-ring (bicyclic) bond motifs is 3. The van der Waals surface area contributed by atoms with Crippen LogP contribution in [0.1, 0.15) is 61.8 Å². The van der Waals surface area contributed by atoms with Crippen molar-refractivity contribution in [2.24, 2.45) is 17.8 Å². The van der Waals surface area contributed by atoms with E-state index < -0.39 is 0 Å². The highest BCUT2D eigenvalue weighted by Crippen LogP contribution is 2.49. The number of amides is 2. The Morgan fingerprint density at radius 3 is 2.43 bits per heavy atom. The average Bonchev–Trinajstić information content (AvgIpc) is 3.41. The van der Waals surface area contributed by atoms with E-state index in [9.17, 15) is 14.7 Å². The van der Waals surface area contributed by atoms with E-state index in [0.29, 0.717) is 25.3 Å². The topological polar surface area (TPSA) is 66.8 Å². The molecule has 5 rings (SSSR count). The molecule has 2 saturated heterocycles. The zero-order valence-corrected chi connectivity index (χ0v) is 22.3. The fourth-order valence-corrected chi connectivity index (χ4v) is 6.65. The molecule has 0 saturated carbocycles. The van der Waals surface area contributed by atoms with Gasteiger partial charge in [-0.3, -0.25) is 14.5 Å². The second-order valence-electron chi connectivity index (χ2n) is 10.9. The third kappa shape index (κ3) is 4.66. The molecule has 0 unspecified atom stereocenters. The Morgan fingerprint density at radius 2 is 1.76 bits per heavy atom. The van der Waals surface area contributed by atoms with Crippen LogP contribution in [0.15, 0.2) is 53.6 Å². The lowest BCUT2D eigenvalue weighted by molar-refractivity contribution is -0.140. The molecule has 2 amide bonds. The molecule has 5 heteroatoms. The number of aromatic hydroxyl groups is 1. The van der Waals surface area contributed by atoms with Gasteiger partial charge in [0.2, 0.25) is 11.8 Å². The summed E-state index contributed by atoms with van der Waals surface area (Å²) in [7, 11) is 0. The Kier molecular flexibility index (Phi) is 7.09. The van der Waals surface area contributed by atoms with Crippen LogP contribution in [0.25, 0.3) is 11.6 Å². The van der Waals surface area contributed by atoms with Crippen molar-refractivity contribution < 1.29 is 19.4 Å². The molecular weight excluding hydrogens is 462 g/mol. The van der Waals surface area contributed by atoms with Crippen LogP contribution in [0.4, 0.5) is 0 Å². The summed E-state index contributed by atoms with van der Waals surface area (Å²) in [6.45, 7) is 9.00. The summed E-state index contributed by atoms with van der Waals surface area (Å²) in [5.74, 6) is -0.134. The fraction of sp³-hybridized carbons (Fsp3) is 0.438. The molecule has 37 heavy (non-hydrogen) atoms. The first-order valence-corrected chi connectivity index (χ1v) is 13.5. The summed E-state index contributed by atoms with van der Waals surface area (Å²) in [6.07, 6.45) is 5.26. The lowest BCUT2D eigenvalue weighted by Crippen LogP contribution is -2.34. The molecule has 0 aromatic heterocycles. The molecular formula is C32H37NO4. The zero-order chi connectivity index (χ0) is 26.3. The number of benzene rings is 2. The van der Waals surface area contributed by atoms with Crippen LogP contribution < -0.4 is 0 Å². The van der Waals surface area contributed by atoms with Gasteiger partial charge in [-0.05, 0) is 92.0 Å². The minimum absolute atomic E-state index is 0.000889. The van der Waals surface area contributed by atoms with Gasteiger partial charge >= 0.3 is 0 Å². The minimum Gasteiger partial charge on any atom is -0.507 e. The number of hydrogen-bond donors (Lipinski definition) is 1. The molecule has 0 spiro atoms. The van der Waals surface area contributed by atoms with E-state index in [-0.39, 0.29) is 35.7 Å². The molecule has 0 bridgehead atoms. The summed E-state index contributed by atoms with van der Waals surface area (Å²) in [4.78, 5) is 27.7. The van der Waals surface area contributed by atoms with Gasteiger partial charge in [-0.15, -0.1) is 0 Å². The molecule has 4 atom stereocenters. The predicted octanol–water partition coefficient (Wildman–Crippen LogP) is 6.08. The summed E-state index contributed by atoms with van der Waals surface area (Å²) >= 11 is 0. The van der Waals surface area contributed by atoms with Gasteiger partial charge in [0, 0.05) is 12.5 Å². The molecule has 2 aromatic carbocycles. The van der Waals surface area contributed by atoms with Crippen LogP contribution >= 0.6 is 0 Å². The molecule has 3 aliphatic rings. The molecule has 1 aliphatic carbocycles. The normalized spacial score (nSPS) is 25.6. The smallest absolute Gasteiger partial charge is 0.233 e. The Bertz CT molecular complexity index is 1250. The lowest BCUT2D eigenvalue weighted by Gasteiger charge is -2.30. The molecule has 1 N–H and O–H groups in total. The number of ether oxygens (including phenoxy) is 1. The van der Waals surface area contributed by atoms with Gasteiger partial charge in [0.1, 0.15) is 5.75 Å². The number of rotatable bonds is 7. The highest BCUT2D eigenvalue weighted by molar-refractivity contribution is 6.05. The second kappa shape index (κ2) is 10.3. The Balaban J connectivity index is 1.40. The molecule has 194 valence electrons. The van der Waals surface area contributed by atoms with Gasteiger partial charge in [-0.2, -0.15) is 0 Å². The standard InChI is InChI=1S/C32H37NO4/c1-5-13-33-31(35)25-16-19(2)28-26(29(25)32(33)36)18-37-27(28)12-11-24(23-9-7-6-8-10-23)17-22-14-20(3)30(34)21(4)15-22/h6-10,14-15,17,25-27,29,34H,5,11-13,16,18H2,1-4H3/b24-17-/t25-,26+,27-,29-/m1/s1. The largest absolute Gasteiger partial charge is 0.507 e. The number of imide groups is 1. The number of phenols is 1. The maximum atomic E-state index is 13.2. The van der Waals surface area contributed by atoms with Gasteiger partial charge in [0.15, 0.2) is 0 Å². The van der Waals surface area contributed by atoms with Crippen LogP contribution in [0.2, 0.25) is 0 Å². The van der Waals surface area contributed by atoms with E-state index in [4.69, 9.17) is 4.74 Å². The van der Waals surface area contributed by atoms with E-state index in [2.05, 4.69) is 37.3 Å². The Hall–Kier alpha value is -3.18. The summed E-state index contributed by atoms with van der Waals surface area (Å²) in [5, 5.41) is 10.2. The molecule has 2 fully saturated rings. The quantitative estimate of drug-likeness (QED) is 0.285. The lowest BCUT2D eigenvalue weighted by atomic mass is 9.70. The highest BCUT2D eigenvalue weighted by Gasteiger charge is 2.56. The van der Waals surface area contributed by atoms with Crippen molar-refractivity contribution in [1.82, 2.24) is 4.90 Å². The average molecular weight is 500 g/mol. The van der Waals surface area contributed by atoms with Gasteiger partial charge in [0.05, 0.1) is 24.5 Å². The molecule has 2 aromatic rings. The van der Waals surface area contributed by atoms with Crippen LogP contribution in [0, 0.1) is 31.6 Å². The number of carbonyl (C=O) groups is 2. The SMILES string of the molecule is CCCN1C(=O)[C@@H]2[C@@H](CC(C)=C3[C@@H](CC/C(=C/c4cc(C)c(O)c(C)c4)c4ccccc4)OC[C@@H]32)C1=O. The Labute approximate surface area is 219 Å². The van der Waals surface area contributed by atoms with E-state index >= 15 is 0 Å². The molecule has 2 aliphatic heterocycles. The van der Waals surface area contributed by atoms with Crippen molar-refractivity contribution in [1.29, 1.82) is 0 Å². The summed E-state index contributed by atoms with van der Waals surface area (Å²) in [5.41, 5.74) is 7.66. The van der Waals surface area contributed by atoms with Gasteiger partial charge in [-0.1, -0.05) is 48.9 Å². The predicted molar refractivity (Wildman–Crippen MR) is 146 cm³/mol. The minimum atomic E-state index is -0.269. The first kappa shape index (κ1) is 25.5. The van der Waals surface area contributed by atoms with Crippen molar-refractivity contribution >= 4 is 23.5 Å². The van der Waals surface area contributed by atoms with Crippen LogP contribution in [-0.4, -0.2) is 41.1 Å². The van der Waals surface area contributed by atoms with E-state index in [1.807, 2.05) is 39.0 Å². The second-order valence-corrected chi connectivity index (χ2v) is 10.9. The zero-order valence-electron chi connectivity index (χ0n) is 22.3. The summed E-state index contributed by atoms with van der Waals surface area (Å²) < 4.78 is 6.35. The fourth-order valence-electron chi connectivity index (χ4n) is 6.65. The number of hydrogen-bond acceptors (Lipinski definition) is 4. The first-order chi connectivity index (χ1) is 17.8. The number of allylic oxidation sites excluding steroid dienone is 2. The number of phenolic OH excluding ortho intramolecular Hbond substituents is 1. The molecule has 5 nitrogen and oxygen atoms in total. The van der Waals surface area contributed by atoms with Crippen molar-refractivity contribution in [3.63, 3.8) is 0 Å². The van der Waals surface area contributed by atoms with Crippen molar-refractivity contribution in [3.05, 3.63) is 75.9 Å². The van der Waals surface area contributed by atoms with Gasteiger partial charge < -0.3 is 9.84 Å². The third-order valence-electron chi connectivity index (χ3n) is 8.37. The maximum absolute atomic E-state index is 13.2. The van der Waals surface area contributed by atoms with Gasteiger partial charge in [0.25, 0.3) is 0 Å². The monoisotopic (exact) mass is 499 g/mol. The van der Waals surface area contributed by atoms with E-state index in [1.165, 1.54) is 27.2 Å². The van der Waals surface area contributed by atoms with E-state index in [0.717, 1.165) is 36.0 Å². The van der Waals surface area contributed by atoms with Crippen LogP contribution in [0.5, 0.6) is 5.75 Å². The first-order valence-electron chi connectivity index (χ1n) is 13.5. The molecule has 2 heterocycles. The number of nitrogens with zero attached hydrogens (tertiary/aromatic N) is 1. The van der Waals surface area contributed by atoms with Crippen LogP contribution in [0.3, 0.4) is 0 Å². The van der Waals surface area contributed by atoms with Gasteiger partial charge in [-0.25, -0.2) is 0 Å². The van der Waals surface area contributed by atoms with Crippen molar-refractivity contribution in [3.8, 4) is 5.75 Å². The van der Waals surface area contributed by atoms with Crippen molar-refractivity contribution in [2.75, 3.05) is 13.2 Å².